The molecule has 0 bridgehead atoms. The summed E-state index contributed by atoms with van der Waals surface area (Å²) in [6, 6.07) is 5.83. The largest absolute Gasteiger partial charge is 0.480 e. The molecule has 0 spiro atoms. The lowest BCUT2D eigenvalue weighted by molar-refractivity contribution is -0.142. The van der Waals surface area contributed by atoms with Crippen molar-refractivity contribution in [2.75, 3.05) is 5.73 Å². The van der Waals surface area contributed by atoms with Gasteiger partial charge in [-0.3, -0.25) is 14.6 Å². The normalized spacial score (nSPS) is 13.7. The molecule has 0 aliphatic carbocycles. The number of anilines is 1. The minimum atomic E-state index is -1.08. The molecule has 0 saturated heterocycles. The monoisotopic (exact) mass is 411 g/mol. The first-order chi connectivity index (χ1) is 14.0. The number of nitrogens with two attached hydrogens (primary N) is 1. The van der Waals surface area contributed by atoms with Crippen LogP contribution >= 0.6 is 0 Å². The molecule has 1 amide bonds. The summed E-state index contributed by atoms with van der Waals surface area (Å²) < 4.78 is 0. The number of carbonyl (C=O) groups is 2. The van der Waals surface area contributed by atoms with Crippen molar-refractivity contribution in [1.29, 1.82) is 0 Å². The predicted octanol–water partition coefficient (Wildman–Crippen LogP) is 2.21. The Labute approximate surface area is 172 Å². The van der Waals surface area contributed by atoms with Gasteiger partial charge in [-0.25, -0.2) is 4.79 Å². The molecule has 9 heteroatoms. The zero-order valence-electron chi connectivity index (χ0n) is 17.2. The molecule has 1 aromatic carbocycles. The van der Waals surface area contributed by atoms with Gasteiger partial charge in [0.25, 0.3) is 11.5 Å². The van der Waals surface area contributed by atoms with Crippen molar-refractivity contribution in [2.45, 2.75) is 39.7 Å². The quantitative estimate of drug-likeness (QED) is 0.434. The van der Waals surface area contributed by atoms with Crippen molar-refractivity contribution in [3.63, 3.8) is 0 Å². The molecule has 0 aliphatic heterocycles. The van der Waals surface area contributed by atoms with Crippen LogP contribution in [-0.4, -0.2) is 38.0 Å². The predicted molar refractivity (Wildman–Crippen MR) is 113 cm³/mol. The van der Waals surface area contributed by atoms with Crippen LogP contribution in [0.25, 0.3) is 11.0 Å². The number of rotatable bonds is 5. The third kappa shape index (κ3) is 4.05. The number of nitrogen functional groups attached to an aromatic ring is 1. The second kappa shape index (κ2) is 7.66. The molecule has 2 atom stereocenters. The topological polar surface area (TPSA) is 154 Å². The van der Waals surface area contributed by atoms with Gasteiger partial charge in [0.15, 0.2) is 0 Å². The Morgan fingerprint density at radius 1 is 1.20 bits per heavy atom. The minimum Gasteiger partial charge on any atom is -0.480 e. The highest BCUT2D eigenvalue weighted by molar-refractivity contribution is 5.96. The van der Waals surface area contributed by atoms with Crippen molar-refractivity contribution < 1.29 is 14.7 Å². The maximum atomic E-state index is 12.5. The average molecular weight is 411 g/mol. The van der Waals surface area contributed by atoms with Gasteiger partial charge in [-0.2, -0.15) is 4.98 Å². The fourth-order valence-electron chi connectivity index (χ4n) is 3.39. The highest BCUT2D eigenvalue weighted by atomic mass is 16.4. The second-order valence-electron chi connectivity index (χ2n) is 8.37. The summed E-state index contributed by atoms with van der Waals surface area (Å²) in [6.45, 7) is 7.19. The summed E-state index contributed by atoms with van der Waals surface area (Å²) in [5.74, 6) is -1.65. The number of hydrogen-bond donors (Lipinski definition) is 5. The Kier molecular flexibility index (Phi) is 5.39. The number of hydrogen-bond acceptors (Lipinski definition) is 5. The summed E-state index contributed by atoms with van der Waals surface area (Å²) in [5, 5.41) is 12.4. The lowest BCUT2D eigenvalue weighted by Crippen LogP contribution is -2.49. The molecule has 1 unspecified atom stereocenters. The molecule has 9 nitrogen and oxygen atoms in total. The number of aromatic amines is 2. The van der Waals surface area contributed by atoms with Crippen LogP contribution in [0, 0.1) is 5.41 Å². The molecule has 6 N–H and O–H groups in total. The Balaban J connectivity index is 1.85. The van der Waals surface area contributed by atoms with E-state index >= 15 is 0 Å². The van der Waals surface area contributed by atoms with Crippen LogP contribution in [0.1, 0.15) is 55.1 Å². The SMILES string of the molecule is CC(c1ccc(C(=O)N[C@H](C(=O)O)C(C)(C)C)cc1)c1c[nH]c2nc(N)[nH]c(=O)c12. The highest BCUT2D eigenvalue weighted by Crippen LogP contribution is 2.28. The molecule has 2 heterocycles. The van der Waals surface area contributed by atoms with Gasteiger partial charge in [-0.05, 0) is 28.7 Å². The zero-order chi connectivity index (χ0) is 22.2. The van der Waals surface area contributed by atoms with Gasteiger partial charge in [0.1, 0.15) is 11.7 Å². The van der Waals surface area contributed by atoms with E-state index in [4.69, 9.17) is 5.73 Å². The lowest BCUT2D eigenvalue weighted by Gasteiger charge is -2.27. The molecular weight excluding hydrogens is 386 g/mol. The van der Waals surface area contributed by atoms with Crippen LogP contribution in [0.5, 0.6) is 0 Å². The van der Waals surface area contributed by atoms with Crippen LogP contribution in [0.4, 0.5) is 5.95 Å². The summed E-state index contributed by atoms with van der Waals surface area (Å²) in [7, 11) is 0. The summed E-state index contributed by atoms with van der Waals surface area (Å²) in [6.07, 6.45) is 1.72. The van der Waals surface area contributed by atoms with E-state index in [1.807, 2.05) is 6.92 Å². The number of amides is 1. The van der Waals surface area contributed by atoms with E-state index in [1.165, 1.54) is 0 Å². The Morgan fingerprint density at radius 3 is 2.40 bits per heavy atom. The standard InChI is InChI=1S/C21H25N5O4/c1-10(13-9-23-16-14(13)18(28)26-20(22)25-16)11-5-7-12(8-6-11)17(27)24-15(19(29)30)21(2,3)4/h5-10,15H,1-4H3,(H,24,27)(H,29,30)(H4,22,23,25,26,28)/t10?,15-/m1/s1. The van der Waals surface area contributed by atoms with Crippen LogP contribution < -0.4 is 16.6 Å². The molecule has 0 aliphatic rings. The zero-order valence-corrected chi connectivity index (χ0v) is 17.2. The number of benzene rings is 1. The van der Waals surface area contributed by atoms with Crippen LogP contribution in [0.15, 0.2) is 35.3 Å². The van der Waals surface area contributed by atoms with E-state index in [2.05, 4.69) is 20.3 Å². The fraction of sp³-hybridized carbons (Fsp3) is 0.333. The maximum Gasteiger partial charge on any atom is 0.326 e. The molecule has 0 saturated carbocycles. The van der Waals surface area contributed by atoms with Crippen molar-refractivity contribution in [3.8, 4) is 0 Å². The van der Waals surface area contributed by atoms with Gasteiger partial charge in [0.05, 0.1) is 5.39 Å². The summed E-state index contributed by atoms with van der Waals surface area (Å²) in [4.78, 5) is 45.9. The molecule has 0 radical (unpaired) electrons. The van der Waals surface area contributed by atoms with Crippen molar-refractivity contribution >= 4 is 28.9 Å². The number of carboxylic acid groups (broad SMARTS) is 1. The van der Waals surface area contributed by atoms with Gasteiger partial charge in [-0.1, -0.05) is 39.8 Å². The third-order valence-corrected chi connectivity index (χ3v) is 5.12. The van der Waals surface area contributed by atoms with Gasteiger partial charge < -0.3 is 21.1 Å². The number of fused-ring (bicyclic) bond motifs is 1. The van der Waals surface area contributed by atoms with Crippen LogP contribution in [-0.2, 0) is 4.79 Å². The number of aliphatic carboxylic acids is 1. The first-order valence-corrected chi connectivity index (χ1v) is 9.49. The Bertz CT molecular complexity index is 1150. The fourth-order valence-corrected chi connectivity index (χ4v) is 3.39. The Morgan fingerprint density at radius 2 is 1.83 bits per heavy atom. The highest BCUT2D eigenvalue weighted by Gasteiger charge is 2.32. The van der Waals surface area contributed by atoms with Gasteiger partial charge in [-0.15, -0.1) is 0 Å². The second-order valence-corrected chi connectivity index (χ2v) is 8.37. The van der Waals surface area contributed by atoms with E-state index in [1.54, 1.807) is 51.2 Å². The van der Waals surface area contributed by atoms with Gasteiger partial charge in [0, 0.05) is 17.7 Å². The first-order valence-electron chi connectivity index (χ1n) is 9.49. The third-order valence-electron chi connectivity index (χ3n) is 5.12. The number of aromatic nitrogens is 3. The lowest BCUT2D eigenvalue weighted by atomic mass is 9.86. The number of nitrogens with zero attached hydrogens (tertiary/aromatic N) is 1. The van der Waals surface area contributed by atoms with Crippen LogP contribution in [0.3, 0.4) is 0 Å². The van der Waals surface area contributed by atoms with E-state index < -0.39 is 23.3 Å². The van der Waals surface area contributed by atoms with E-state index in [-0.39, 0.29) is 17.4 Å². The number of carbonyl (C=O) groups excluding carboxylic acids is 1. The van der Waals surface area contributed by atoms with Crippen molar-refractivity contribution in [3.05, 3.63) is 57.5 Å². The Hall–Kier alpha value is -3.62. The molecule has 3 aromatic rings. The summed E-state index contributed by atoms with van der Waals surface area (Å²) >= 11 is 0. The molecule has 30 heavy (non-hydrogen) atoms. The molecule has 2 aromatic heterocycles. The van der Waals surface area contributed by atoms with Crippen molar-refractivity contribution in [1.82, 2.24) is 20.3 Å². The minimum absolute atomic E-state index is 0.0406. The molecule has 158 valence electrons. The average Bonchev–Trinajstić information content (AvgIpc) is 3.08. The van der Waals surface area contributed by atoms with E-state index in [0.29, 0.717) is 16.6 Å². The molecule has 3 rings (SSSR count). The number of carboxylic acids is 1. The first kappa shape index (κ1) is 21.1. The molecular formula is C21H25N5O4. The van der Waals surface area contributed by atoms with E-state index in [9.17, 15) is 19.5 Å². The van der Waals surface area contributed by atoms with E-state index in [0.717, 1.165) is 11.1 Å². The molecule has 0 fully saturated rings. The number of nitrogens with one attached hydrogen (secondary N) is 3. The number of H-pyrrole nitrogens is 2. The smallest absolute Gasteiger partial charge is 0.326 e. The van der Waals surface area contributed by atoms with Crippen LogP contribution in [0.2, 0.25) is 0 Å². The van der Waals surface area contributed by atoms with Crippen molar-refractivity contribution in [2.24, 2.45) is 5.41 Å². The summed E-state index contributed by atoms with van der Waals surface area (Å²) in [5.41, 5.74) is 7.04. The maximum absolute atomic E-state index is 12.5. The van der Waals surface area contributed by atoms with Gasteiger partial charge in [0.2, 0.25) is 5.95 Å². The van der Waals surface area contributed by atoms with Gasteiger partial charge >= 0.3 is 5.97 Å².